The van der Waals surface area contributed by atoms with E-state index < -0.39 is 12.1 Å². The Morgan fingerprint density at radius 1 is 1.43 bits per heavy atom. The van der Waals surface area contributed by atoms with Gasteiger partial charge in [-0.1, -0.05) is 12.6 Å². The number of halogens is 3. The third-order valence-electron chi connectivity index (χ3n) is 3.24. The lowest BCUT2D eigenvalue weighted by Crippen LogP contribution is -2.26. The van der Waals surface area contributed by atoms with Gasteiger partial charge in [0.05, 0.1) is 0 Å². The van der Waals surface area contributed by atoms with Crippen molar-refractivity contribution >= 4 is 11.9 Å². The molecule has 1 aromatic rings. The van der Waals surface area contributed by atoms with Crippen molar-refractivity contribution in [2.75, 3.05) is 13.1 Å². The Morgan fingerprint density at radius 3 is 2.57 bits per heavy atom. The molecule has 0 bridgehead atoms. The number of carbonyl (C=O) groups is 2. The van der Waals surface area contributed by atoms with Crippen LogP contribution in [0.1, 0.15) is 12.1 Å². The maximum atomic E-state index is 11.4. The lowest BCUT2D eigenvalue weighted by Gasteiger charge is -2.13. The molecule has 0 spiro atoms. The number of aliphatic carboxylic acids is 1. The molecule has 1 aliphatic heterocycles. The Labute approximate surface area is 131 Å². The summed E-state index contributed by atoms with van der Waals surface area (Å²) in [5.74, 6) is -2.17. The van der Waals surface area contributed by atoms with E-state index in [4.69, 9.17) is 9.90 Å². The zero-order valence-corrected chi connectivity index (χ0v) is 12.3. The Hall–Kier alpha value is -2.38. The third kappa shape index (κ3) is 6.50. The summed E-state index contributed by atoms with van der Waals surface area (Å²) in [6, 6.07) is 5.97. The van der Waals surface area contributed by atoms with Crippen LogP contribution in [0.3, 0.4) is 0 Å². The lowest BCUT2D eigenvalue weighted by molar-refractivity contribution is -0.192. The summed E-state index contributed by atoms with van der Waals surface area (Å²) in [4.78, 5) is 26.5. The molecule has 23 heavy (non-hydrogen) atoms. The van der Waals surface area contributed by atoms with Crippen LogP contribution in [0.2, 0.25) is 0 Å². The van der Waals surface area contributed by atoms with Crippen molar-refractivity contribution in [1.29, 1.82) is 0 Å². The molecule has 1 saturated heterocycles. The van der Waals surface area contributed by atoms with Crippen LogP contribution in [-0.4, -0.2) is 46.1 Å². The number of hydrogen-bond acceptors (Lipinski definition) is 3. The smallest absolute Gasteiger partial charge is 0.475 e. The Bertz CT molecular complexity index is 547. The maximum Gasteiger partial charge on any atom is 0.490 e. The molecule has 1 aliphatic rings. The van der Waals surface area contributed by atoms with Crippen LogP contribution >= 0.6 is 0 Å². The van der Waals surface area contributed by atoms with E-state index in [0.29, 0.717) is 5.92 Å². The molecule has 0 aliphatic carbocycles. The van der Waals surface area contributed by atoms with E-state index in [-0.39, 0.29) is 5.91 Å². The van der Waals surface area contributed by atoms with Gasteiger partial charge in [0.2, 0.25) is 5.91 Å². The normalized spacial score (nSPS) is 17.2. The third-order valence-corrected chi connectivity index (χ3v) is 3.24. The lowest BCUT2D eigenvalue weighted by atomic mass is 10.0. The first-order valence-electron chi connectivity index (χ1n) is 6.85. The molecule has 1 fully saturated rings. The van der Waals surface area contributed by atoms with Crippen molar-refractivity contribution in [2.24, 2.45) is 5.92 Å². The minimum atomic E-state index is -5.08. The van der Waals surface area contributed by atoms with Crippen molar-refractivity contribution < 1.29 is 27.9 Å². The monoisotopic (exact) mass is 330 g/mol. The van der Waals surface area contributed by atoms with Crippen LogP contribution in [0.5, 0.6) is 0 Å². The zero-order chi connectivity index (χ0) is 17.5. The van der Waals surface area contributed by atoms with Gasteiger partial charge in [0, 0.05) is 25.0 Å². The standard InChI is InChI=1S/C13H16N2O.C2HF3O2/c1-2-13(16)15-8-6-11(10-15)9-12-5-3-4-7-14-12;3-2(4,5)1(6)7/h2-5,7,11H,1,6,8-10H2;(H,6,7). The molecule has 0 aromatic carbocycles. The second-order valence-electron chi connectivity index (χ2n) is 4.97. The van der Waals surface area contributed by atoms with Gasteiger partial charge in [-0.15, -0.1) is 0 Å². The fourth-order valence-electron chi connectivity index (χ4n) is 2.14. The molecule has 2 rings (SSSR count). The van der Waals surface area contributed by atoms with Gasteiger partial charge in [-0.2, -0.15) is 13.2 Å². The van der Waals surface area contributed by atoms with Gasteiger partial charge in [-0.05, 0) is 37.0 Å². The molecule has 1 amide bonds. The topological polar surface area (TPSA) is 70.5 Å². The predicted octanol–water partition coefficient (Wildman–Crippen LogP) is 2.29. The SMILES string of the molecule is C=CC(=O)N1CCC(Cc2ccccn2)C1.O=C(O)C(F)(F)F. The average molecular weight is 330 g/mol. The molecule has 0 saturated carbocycles. The number of alkyl halides is 3. The molecular weight excluding hydrogens is 313 g/mol. The van der Waals surface area contributed by atoms with E-state index in [0.717, 1.165) is 31.6 Å². The number of hydrogen-bond donors (Lipinski definition) is 1. The van der Waals surface area contributed by atoms with E-state index >= 15 is 0 Å². The second kappa shape index (κ2) is 8.30. The first-order valence-corrected chi connectivity index (χ1v) is 6.85. The summed E-state index contributed by atoms with van der Waals surface area (Å²) >= 11 is 0. The minimum Gasteiger partial charge on any atom is -0.475 e. The minimum absolute atomic E-state index is 0.0449. The largest absolute Gasteiger partial charge is 0.490 e. The quantitative estimate of drug-likeness (QED) is 0.863. The van der Waals surface area contributed by atoms with Crippen molar-refractivity contribution in [3.05, 3.63) is 42.7 Å². The number of nitrogens with zero attached hydrogens (tertiary/aromatic N) is 2. The fourth-order valence-corrected chi connectivity index (χ4v) is 2.14. The van der Waals surface area contributed by atoms with Crippen LogP contribution in [0.15, 0.2) is 37.1 Å². The highest BCUT2D eigenvalue weighted by atomic mass is 19.4. The summed E-state index contributed by atoms with van der Waals surface area (Å²) < 4.78 is 31.7. The van der Waals surface area contributed by atoms with Gasteiger partial charge >= 0.3 is 12.1 Å². The molecule has 1 atom stereocenters. The van der Waals surface area contributed by atoms with Crippen LogP contribution in [0, 0.1) is 5.92 Å². The molecule has 8 heteroatoms. The van der Waals surface area contributed by atoms with Crippen LogP contribution in [0.25, 0.3) is 0 Å². The summed E-state index contributed by atoms with van der Waals surface area (Å²) in [6.45, 7) is 5.19. The maximum absolute atomic E-state index is 11.4. The number of amides is 1. The van der Waals surface area contributed by atoms with Crippen molar-refractivity contribution in [1.82, 2.24) is 9.88 Å². The van der Waals surface area contributed by atoms with E-state index in [2.05, 4.69) is 11.6 Å². The highest BCUT2D eigenvalue weighted by molar-refractivity contribution is 5.87. The number of likely N-dealkylation sites (tertiary alicyclic amines) is 1. The summed E-state index contributed by atoms with van der Waals surface area (Å²) in [6.07, 6.45) is 0.151. The van der Waals surface area contributed by atoms with Crippen molar-refractivity contribution in [3.63, 3.8) is 0 Å². The number of carboxylic acids is 1. The summed E-state index contributed by atoms with van der Waals surface area (Å²) in [5.41, 5.74) is 1.11. The molecule has 1 unspecified atom stereocenters. The van der Waals surface area contributed by atoms with Gasteiger partial charge in [0.25, 0.3) is 0 Å². The van der Waals surface area contributed by atoms with Gasteiger partial charge in [0.15, 0.2) is 0 Å². The van der Waals surface area contributed by atoms with E-state index in [1.54, 1.807) is 0 Å². The number of pyridine rings is 1. The van der Waals surface area contributed by atoms with Gasteiger partial charge in [-0.25, -0.2) is 4.79 Å². The molecule has 1 N–H and O–H groups in total. The highest BCUT2D eigenvalue weighted by Crippen LogP contribution is 2.20. The second-order valence-corrected chi connectivity index (χ2v) is 4.97. The van der Waals surface area contributed by atoms with E-state index in [1.165, 1.54) is 6.08 Å². The fraction of sp³-hybridized carbons (Fsp3) is 0.400. The van der Waals surface area contributed by atoms with Crippen LogP contribution < -0.4 is 0 Å². The Morgan fingerprint density at radius 2 is 2.09 bits per heavy atom. The van der Waals surface area contributed by atoms with Crippen molar-refractivity contribution in [2.45, 2.75) is 19.0 Å². The Kier molecular flexibility index (Phi) is 6.74. The Balaban J connectivity index is 0.000000322. The van der Waals surface area contributed by atoms with Crippen molar-refractivity contribution in [3.8, 4) is 0 Å². The van der Waals surface area contributed by atoms with Gasteiger partial charge in [-0.3, -0.25) is 9.78 Å². The average Bonchev–Trinajstić information content (AvgIpc) is 2.95. The molecular formula is C15H17F3N2O3. The number of carboxylic acid groups (broad SMARTS) is 1. The number of carbonyl (C=O) groups excluding carboxylic acids is 1. The van der Waals surface area contributed by atoms with Crippen LogP contribution in [0.4, 0.5) is 13.2 Å². The number of rotatable bonds is 3. The summed E-state index contributed by atoms with van der Waals surface area (Å²) in [5, 5.41) is 7.12. The van der Waals surface area contributed by atoms with Gasteiger partial charge in [0.1, 0.15) is 0 Å². The molecule has 2 heterocycles. The predicted molar refractivity (Wildman–Crippen MR) is 76.5 cm³/mol. The molecule has 1 aromatic heterocycles. The molecule has 0 radical (unpaired) electrons. The first kappa shape index (κ1) is 18.7. The zero-order valence-electron chi connectivity index (χ0n) is 12.3. The van der Waals surface area contributed by atoms with Gasteiger partial charge < -0.3 is 10.0 Å². The molecule has 5 nitrogen and oxygen atoms in total. The van der Waals surface area contributed by atoms with E-state index in [1.807, 2.05) is 29.3 Å². The van der Waals surface area contributed by atoms with Crippen LogP contribution in [-0.2, 0) is 16.0 Å². The summed E-state index contributed by atoms with van der Waals surface area (Å²) in [7, 11) is 0. The van der Waals surface area contributed by atoms with E-state index in [9.17, 15) is 18.0 Å². The number of aromatic nitrogens is 1. The highest BCUT2D eigenvalue weighted by Gasteiger charge is 2.38. The molecule has 126 valence electrons. The first-order chi connectivity index (χ1) is 10.7.